The fourth-order valence-electron chi connectivity index (χ4n) is 2.40. The number of nitrogens with zero attached hydrogens (tertiary/aromatic N) is 3. The number of hydrogen-bond donors (Lipinski definition) is 1. The molecule has 140 valence electrons. The third-order valence-corrected chi connectivity index (χ3v) is 3.83. The van der Waals surface area contributed by atoms with Crippen molar-refractivity contribution in [3.63, 3.8) is 0 Å². The Kier molecular flexibility index (Phi) is 7.71. The fraction of sp³-hybridized carbons (Fsp3) is 0.368. The summed E-state index contributed by atoms with van der Waals surface area (Å²) in [5, 5.41) is 0. The molecule has 1 heterocycles. The van der Waals surface area contributed by atoms with Crippen molar-refractivity contribution in [1.29, 1.82) is 0 Å². The molecule has 0 spiro atoms. The lowest BCUT2D eigenvalue weighted by molar-refractivity contribution is -0.137. The largest absolute Gasteiger partial charge is 0.347 e. The van der Waals surface area contributed by atoms with E-state index in [0.29, 0.717) is 22.8 Å². The van der Waals surface area contributed by atoms with Crippen LogP contribution in [-0.2, 0) is 16.0 Å². The van der Waals surface area contributed by atoms with Crippen LogP contribution in [0.4, 0.5) is 0 Å². The highest BCUT2D eigenvalue weighted by molar-refractivity contribution is 5.86. The van der Waals surface area contributed by atoms with Crippen molar-refractivity contribution in [2.75, 3.05) is 20.6 Å². The van der Waals surface area contributed by atoms with Gasteiger partial charge in [-0.2, -0.15) is 0 Å². The molecule has 0 atom stereocenters. The Labute approximate surface area is 153 Å². The number of allylic oxidation sites excluding steroid dienone is 3. The zero-order chi connectivity index (χ0) is 19.9. The standard InChI is InChI=1S/C19H26N4O3/c1-7-9-15(8-2)23(12-18(25)22(5)6)17(24)11-10-16-13(3)20-14(4)21-19(16)26/h7-9H,1-2,10-12H2,3-6H3,(H,20,21,26)/b15-9+. The lowest BCUT2D eigenvalue weighted by Gasteiger charge is -2.24. The first-order valence-electron chi connectivity index (χ1n) is 8.23. The number of nitrogens with one attached hydrogen (secondary N) is 1. The summed E-state index contributed by atoms with van der Waals surface area (Å²) in [6.07, 6.45) is 4.93. The molecule has 0 fully saturated rings. The zero-order valence-corrected chi connectivity index (χ0v) is 15.8. The van der Waals surface area contributed by atoms with Gasteiger partial charge in [-0.1, -0.05) is 19.2 Å². The van der Waals surface area contributed by atoms with E-state index >= 15 is 0 Å². The quantitative estimate of drug-likeness (QED) is 0.714. The second kappa shape index (κ2) is 9.50. The van der Waals surface area contributed by atoms with Crippen molar-refractivity contribution in [3.8, 4) is 0 Å². The van der Waals surface area contributed by atoms with Gasteiger partial charge in [-0.3, -0.25) is 14.4 Å². The van der Waals surface area contributed by atoms with Crippen molar-refractivity contribution in [2.45, 2.75) is 26.7 Å². The van der Waals surface area contributed by atoms with Crippen LogP contribution in [0.5, 0.6) is 0 Å². The molecule has 0 saturated carbocycles. The van der Waals surface area contributed by atoms with Gasteiger partial charge in [-0.05, 0) is 32.4 Å². The summed E-state index contributed by atoms with van der Waals surface area (Å²) in [5.41, 5.74) is 1.30. The Bertz CT molecular complexity index is 790. The van der Waals surface area contributed by atoms with Crippen molar-refractivity contribution in [2.24, 2.45) is 0 Å². The Morgan fingerprint density at radius 1 is 1.19 bits per heavy atom. The van der Waals surface area contributed by atoms with Gasteiger partial charge in [0.25, 0.3) is 5.56 Å². The van der Waals surface area contributed by atoms with Crippen LogP contribution in [0.3, 0.4) is 0 Å². The van der Waals surface area contributed by atoms with Crippen molar-refractivity contribution < 1.29 is 9.59 Å². The van der Waals surface area contributed by atoms with E-state index in [0.717, 1.165) is 0 Å². The third kappa shape index (κ3) is 5.54. The van der Waals surface area contributed by atoms with E-state index in [1.54, 1.807) is 34.0 Å². The number of carbonyl (C=O) groups excluding carboxylic acids is 2. The highest BCUT2D eigenvalue weighted by Gasteiger charge is 2.21. The average Bonchev–Trinajstić information content (AvgIpc) is 2.56. The molecular formula is C19H26N4O3. The van der Waals surface area contributed by atoms with Gasteiger partial charge in [0.05, 0.1) is 0 Å². The Morgan fingerprint density at radius 2 is 1.85 bits per heavy atom. The van der Waals surface area contributed by atoms with E-state index in [2.05, 4.69) is 23.1 Å². The molecule has 0 aromatic carbocycles. The summed E-state index contributed by atoms with van der Waals surface area (Å²) >= 11 is 0. The monoisotopic (exact) mass is 358 g/mol. The maximum atomic E-state index is 12.7. The second-order valence-corrected chi connectivity index (χ2v) is 6.01. The molecule has 0 aliphatic rings. The zero-order valence-electron chi connectivity index (χ0n) is 15.8. The summed E-state index contributed by atoms with van der Waals surface area (Å²) in [7, 11) is 3.24. The van der Waals surface area contributed by atoms with Crippen LogP contribution in [0, 0.1) is 13.8 Å². The lowest BCUT2D eigenvalue weighted by atomic mass is 10.1. The minimum atomic E-state index is -0.285. The fourth-order valence-corrected chi connectivity index (χ4v) is 2.40. The highest BCUT2D eigenvalue weighted by atomic mass is 16.2. The predicted octanol–water partition coefficient (Wildman–Crippen LogP) is 1.49. The van der Waals surface area contributed by atoms with Crippen LogP contribution < -0.4 is 5.56 Å². The van der Waals surface area contributed by atoms with Gasteiger partial charge in [0.15, 0.2) is 0 Å². The Morgan fingerprint density at radius 3 is 2.35 bits per heavy atom. The molecule has 0 aliphatic carbocycles. The van der Waals surface area contributed by atoms with Crippen LogP contribution in [0.1, 0.15) is 23.5 Å². The van der Waals surface area contributed by atoms with E-state index in [-0.39, 0.29) is 36.8 Å². The van der Waals surface area contributed by atoms with Gasteiger partial charge in [0.2, 0.25) is 11.8 Å². The van der Waals surface area contributed by atoms with E-state index in [1.807, 2.05) is 0 Å². The summed E-state index contributed by atoms with van der Waals surface area (Å²) in [6.45, 7) is 10.6. The number of amides is 2. The van der Waals surface area contributed by atoms with Crippen LogP contribution in [0.2, 0.25) is 0 Å². The van der Waals surface area contributed by atoms with Crippen molar-refractivity contribution in [3.05, 3.63) is 64.5 Å². The number of hydrogen-bond acceptors (Lipinski definition) is 4. The van der Waals surface area contributed by atoms with Crippen LogP contribution in [0.25, 0.3) is 0 Å². The summed E-state index contributed by atoms with van der Waals surface area (Å²) in [4.78, 5) is 46.5. The van der Waals surface area contributed by atoms with Gasteiger partial charge < -0.3 is 14.8 Å². The molecule has 0 unspecified atom stereocenters. The van der Waals surface area contributed by atoms with E-state index in [4.69, 9.17) is 0 Å². The first-order valence-corrected chi connectivity index (χ1v) is 8.23. The van der Waals surface area contributed by atoms with Crippen molar-refractivity contribution >= 4 is 11.8 Å². The maximum Gasteiger partial charge on any atom is 0.254 e. The maximum absolute atomic E-state index is 12.7. The number of aryl methyl sites for hydroxylation is 2. The number of H-pyrrole nitrogens is 1. The number of aromatic amines is 1. The topological polar surface area (TPSA) is 86.4 Å². The third-order valence-electron chi connectivity index (χ3n) is 3.83. The van der Waals surface area contributed by atoms with E-state index in [1.165, 1.54) is 22.0 Å². The van der Waals surface area contributed by atoms with Crippen LogP contribution in [0.15, 0.2) is 41.9 Å². The van der Waals surface area contributed by atoms with Gasteiger partial charge in [-0.15, -0.1) is 0 Å². The van der Waals surface area contributed by atoms with Gasteiger partial charge in [-0.25, -0.2) is 4.98 Å². The summed E-state index contributed by atoms with van der Waals surface area (Å²) in [5.74, 6) is 0.0254. The second-order valence-electron chi connectivity index (χ2n) is 6.01. The lowest BCUT2D eigenvalue weighted by Crippen LogP contribution is -2.39. The molecule has 26 heavy (non-hydrogen) atoms. The normalized spacial score (nSPS) is 11.0. The molecule has 7 nitrogen and oxygen atoms in total. The molecule has 7 heteroatoms. The smallest absolute Gasteiger partial charge is 0.254 e. The number of rotatable bonds is 8. The number of aromatic nitrogens is 2. The van der Waals surface area contributed by atoms with Crippen LogP contribution in [-0.4, -0.2) is 52.2 Å². The number of carbonyl (C=O) groups is 2. The average molecular weight is 358 g/mol. The molecule has 0 aliphatic heterocycles. The van der Waals surface area contributed by atoms with Gasteiger partial charge in [0, 0.05) is 37.5 Å². The molecule has 1 N–H and O–H groups in total. The molecule has 1 aromatic rings. The van der Waals surface area contributed by atoms with Crippen molar-refractivity contribution in [1.82, 2.24) is 19.8 Å². The first-order chi connectivity index (χ1) is 12.2. The van der Waals surface area contributed by atoms with Gasteiger partial charge >= 0.3 is 0 Å². The number of likely N-dealkylation sites (N-methyl/N-ethyl adjacent to an activating group) is 1. The van der Waals surface area contributed by atoms with Crippen LogP contribution >= 0.6 is 0 Å². The Hall–Kier alpha value is -2.96. The molecule has 2 amide bonds. The van der Waals surface area contributed by atoms with E-state index < -0.39 is 0 Å². The molecule has 0 saturated heterocycles. The molecular weight excluding hydrogens is 332 g/mol. The minimum absolute atomic E-state index is 0.0672. The molecule has 0 radical (unpaired) electrons. The highest BCUT2D eigenvalue weighted by Crippen LogP contribution is 2.12. The SMILES string of the molecule is C=C/C=C(\C=C)N(CC(=O)N(C)C)C(=O)CCc1c(C)nc(C)[nH]c1=O. The minimum Gasteiger partial charge on any atom is -0.347 e. The molecule has 0 bridgehead atoms. The van der Waals surface area contributed by atoms with Gasteiger partial charge in [0.1, 0.15) is 12.4 Å². The first kappa shape index (κ1) is 21.1. The molecule has 1 aromatic heterocycles. The Balaban J connectivity index is 3.04. The van der Waals surface area contributed by atoms with E-state index in [9.17, 15) is 14.4 Å². The summed E-state index contributed by atoms with van der Waals surface area (Å²) < 4.78 is 0. The summed E-state index contributed by atoms with van der Waals surface area (Å²) in [6, 6.07) is 0. The molecule has 1 rings (SSSR count). The predicted molar refractivity (Wildman–Crippen MR) is 102 cm³/mol.